The van der Waals surface area contributed by atoms with Gasteiger partial charge in [-0.25, -0.2) is 0 Å². The molecule has 1 nitrogen and oxygen atoms in total. The predicted molar refractivity (Wildman–Crippen MR) is 73.6 cm³/mol. The lowest BCUT2D eigenvalue weighted by molar-refractivity contribution is 0.317. The number of halogens is 1. The van der Waals surface area contributed by atoms with Crippen LogP contribution in [0.15, 0.2) is 24.3 Å². The van der Waals surface area contributed by atoms with Gasteiger partial charge in [-0.05, 0) is 43.4 Å². The highest BCUT2D eigenvalue weighted by Gasteiger charge is 1.95. The molecule has 1 rings (SSSR count). The molecule has 0 N–H and O–H groups in total. The van der Waals surface area contributed by atoms with Crippen molar-refractivity contribution >= 4 is 15.9 Å². The van der Waals surface area contributed by atoms with E-state index >= 15 is 0 Å². The molecular weight excluding hydrogens is 264 g/mol. The lowest BCUT2D eigenvalue weighted by Crippen LogP contribution is -1.95. The van der Waals surface area contributed by atoms with Gasteiger partial charge in [-0.1, -0.05) is 41.4 Å². The summed E-state index contributed by atoms with van der Waals surface area (Å²) in [4.78, 5) is 0. The summed E-state index contributed by atoms with van der Waals surface area (Å²) < 4.78 is 5.55. The molecule has 90 valence electrons. The third-order valence-corrected chi connectivity index (χ3v) is 3.06. The van der Waals surface area contributed by atoms with Crippen LogP contribution >= 0.6 is 15.9 Å². The Balaban J connectivity index is 2.27. The Morgan fingerprint density at radius 1 is 1.06 bits per heavy atom. The van der Waals surface area contributed by atoms with Crippen molar-refractivity contribution in [1.82, 2.24) is 0 Å². The van der Waals surface area contributed by atoms with Crippen molar-refractivity contribution in [2.24, 2.45) is 0 Å². The Kier molecular flexibility index (Phi) is 7.32. The maximum absolute atomic E-state index is 5.55. The van der Waals surface area contributed by atoms with E-state index in [2.05, 4.69) is 47.1 Å². The Hall–Kier alpha value is -0.500. The van der Waals surface area contributed by atoms with Crippen molar-refractivity contribution < 1.29 is 4.74 Å². The van der Waals surface area contributed by atoms with Crippen molar-refractivity contribution in [3.05, 3.63) is 29.8 Å². The number of hydrogen-bond donors (Lipinski definition) is 0. The van der Waals surface area contributed by atoms with E-state index in [0.717, 1.165) is 24.1 Å². The van der Waals surface area contributed by atoms with Crippen molar-refractivity contribution in [2.45, 2.75) is 39.0 Å². The molecule has 0 aliphatic carbocycles. The summed E-state index contributed by atoms with van der Waals surface area (Å²) >= 11 is 3.45. The van der Waals surface area contributed by atoms with Crippen LogP contribution < -0.4 is 4.74 Å². The Labute approximate surface area is 107 Å². The van der Waals surface area contributed by atoms with Gasteiger partial charge in [-0.2, -0.15) is 0 Å². The highest BCUT2D eigenvalue weighted by Crippen LogP contribution is 2.14. The average molecular weight is 285 g/mol. The Morgan fingerprint density at radius 3 is 2.44 bits per heavy atom. The molecule has 0 fully saturated rings. The van der Waals surface area contributed by atoms with Crippen molar-refractivity contribution in [2.75, 3.05) is 11.9 Å². The smallest absolute Gasteiger partial charge is 0.119 e. The molecule has 1 aromatic carbocycles. The van der Waals surface area contributed by atoms with Crippen LogP contribution in [0.25, 0.3) is 0 Å². The highest BCUT2D eigenvalue weighted by atomic mass is 79.9. The van der Waals surface area contributed by atoms with Gasteiger partial charge < -0.3 is 4.74 Å². The first kappa shape index (κ1) is 13.6. The zero-order valence-corrected chi connectivity index (χ0v) is 11.6. The van der Waals surface area contributed by atoms with E-state index in [1.54, 1.807) is 0 Å². The molecule has 0 spiro atoms. The van der Waals surface area contributed by atoms with Gasteiger partial charge in [0.25, 0.3) is 0 Å². The molecule has 0 aliphatic rings. The molecular formula is C14H21BrO. The second kappa shape index (κ2) is 8.63. The SMILES string of the molecule is CCCOc1ccc(CCCCCBr)cc1. The fourth-order valence-electron chi connectivity index (χ4n) is 1.57. The van der Waals surface area contributed by atoms with Gasteiger partial charge in [0.15, 0.2) is 0 Å². The van der Waals surface area contributed by atoms with E-state index in [0.29, 0.717) is 0 Å². The maximum Gasteiger partial charge on any atom is 0.119 e. The van der Waals surface area contributed by atoms with E-state index in [1.165, 1.54) is 31.2 Å². The number of hydrogen-bond acceptors (Lipinski definition) is 1. The lowest BCUT2D eigenvalue weighted by Gasteiger charge is -2.05. The fourth-order valence-corrected chi connectivity index (χ4v) is 1.97. The number of benzene rings is 1. The van der Waals surface area contributed by atoms with Crippen LogP contribution in [-0.2, 0) is 6.42 Å². The Bertz CT molecular complexity index is 269. The molecule has 0 heterocycles. The average Bonchev–Trinajstić information content (AvgIpc) is 2.33. The van der Waals surface area contributed by atoms with Gasteiger partial charge >= 0.3 is 0 Å². The van der Waals surface area contributed by atoms with Crippen LogP contribution in [0, 0.1) is 0 Å². The van der Waals surface area contributed by atoms with E-state index in [4.69, 9.17) is 4.74 Å². The third-order valence-electron chi connectivity index (χ3n) is 2.50. The molecule has 1 aromatic rings. The number of alkyl halides is 1. The molecule has 0 saturated heterocycles. The van der Waals surface area contributed by atoms with E-state index in [9.17, 15) is 0 Å². The first-order valence-electron chi connectivity index (χ1n) is 6.14. The summed E-state index contributed by atoms with van der Waals surface area (Å²) in [5.74, 6) is 0.992. The third kappa shape index (κ3) is 5.55. The molecule has 0 atom stereocenters. The number of ether oxygens (including phenoxy) is 1. The van der Waals surface area contributed by atoms with Gasteiger partial charge in [0.05, 0.1) is 6.61 Å². The minimum Gasteiger partial charge on any atom is -0.494 e. The second-order valence-electron chi connectivity index (χ2n) is 3.99. The lowest BCUT2D eigenvalue weighted by atomic mass is 10.1. The molecule has 0 aliphatic heterocycles. The normalized spacial score (nSPS) is 10.4. The molecule has 0 aromatic heterocycles. The maximum atomic E-state index is 5.55. The summed E-state index contributed by atoms with van der Waals surface area (Å²) in [5, 5.41) is 1.12. The van der Waals surface area contributed by atoms with Crippen molar-refractivity contribution in [3.8, 4) is 5.75 Å². The topological polar surface area (TPSA) is 9.23 Å². The highest BCUT2D eigenvalue weighted by molar-refractivity contribution is 9.09. The van der Waals surface area contributed by atoms with E-state index < -0.39 is 0 Å². The van der Waals surface area contributed by atoms with Crippen molar-refractivity contribution in [1.29, 1.82) is 0 Å². The van der Waals surface area contributed by atoms with Crippen LogP contribution in [0.2, 0.25) is 0 Å². The van der Waals surface area contributed by atoms with Crippen LogP contribution in [0.1, 0.15) is 38.2 Å². The molecule has 0 bridgehead atoms. The largest absolute Gasteiger partial charge is 0.494 e. The van der Waals surface area contributed by atoms with Crippen LogP contribution in [0.4, 0.5) is 0 Å². The first-order chi connectivity index (χ1) is 7.86. The van der Waals surface area contributed by atoms with Crippen LogP contribution in [-0.4, -0.2) is 11.9 Å². The van der Waals surface area contributed by atoms with Gasteiger partial charge in [0, 0.05) is 5.33 Å². The molecule has 16 heavy (non-hydrogen) atoms. The molecule has 0 amide bonds. The van der Waals surface area contributed by atoms with Crippen LogP contribution in [0.3, 0.4) is 0 Å². The monoisotopic (exact) mass is 284 g/mol. The summed E-state index contributed by atoms with van der Waals surface area (Å²) in [6, 6.07) is 8.52. The van der Waals surface area contributed by atoms with Gasteiger partial charge in [-0.15, -0.1) is 0 Å². The minimum atomic E-state index is 0.810. The number of rotatable bonds is 8. The first-order valence-corrected chi connectivity index (χ1v) is 7.26. The molecule has 0 radical (unpaired) electrons. The molecule has 2 heteroatoms. The predicted octanol–water partition coefficient (Wildman–Crippen LogP) is 4.58. The summed E-state index contributed by atoms with van der Waals surface area (Å²) in [6.07, 6.45) is 6.10. The Morgan fingerprint density at radius 2 is 1.81 bits per heavy atom. The standard InChI is InChI=1S/C14H21BrO/c1-2-12-16-14-9-7-13(8-10-14)6-4-3-5-11-15/h7-10H,2-6,11-12H2,1H3. The van der Waals surface area contributed by atoms with Gasteiger partial charge in [-0.3, -0.25) is 0 Å². The van der Waals surface area contributed by atoms with E-state index in [1.807, 2.05) is 0 Å². The number of aryl methyl sites for hydroxylation is 1. The van der Waals surface area contributed by atoms with Gasteiger partial charge in [0.2, 0.25) is 0 Å². The van der Waals surface area contributed by atoms with Crippen molar-refractivity contribution in [3.63, 3.8) is 0 Å². The fraction of sp³-hybridized carbons (Fsp3) is 0.571. The second-order valence-corrected chi connectivity index (χ2v) is 4.79. The van der Waals surface area contributed by atoms with E-state index in [-0.39, 0.29) is 0 Å². The summed E-state index contributed by atoms with van der Waals surface area (Å²) in [7, 11) is 0. The summed E-state index contributed by atoms with van der Waals surface area (Å²) in [5.41, 5.74) is 1.42. The molecule has 0 unspecified atom stereocenters. The minimum absolute atomic E-state index is 0.810. The van der Waals surface area contributed by atoms with Gasteiger partial charge in [0.1, 0.15) is 5.75 Å². The zero-order chi connectivity index (χ0) is 11.6. The van der Waals surface area contributed by atoms with Crippen LogP contribution in [0.5, 0.6) is 5.75 Å². The summed E-state index contributed by atoms with van der Waals surface area (Å²) in [6.45, 7) is 2.93. The quantitative estimate of drug-likeness (QED) is 0.501. The number of unbranched alkanes of at least 4 members (excludes halogenated alkanes) is 2. The molecule has 0 saturated carbocycles. The zero-order valence-electron chi connectivity index (χ0n) is 10.0.